The van der Waals surface area contributed by atoms with Crippen LogP contribution in [0.5, 0.6) is 0 Å². The summed E-state index contributed by atoms with van der Waals surface area (Å²) in [6.07, 6.45) is 2.59. The van der Waals surface area contributed by atoms with Crippen LogP contribution in [0, 0.1) is 0 Å². The van der Waals surface area contributed by atoms with Crippen LogP contribution in [-0.2, 0) is 16.1 Å². The molecule has 0 amide bonds. The van der Waals surface area contributed by atoms with E-state index in [4.69, 9.17) is 9.47 Å². The van der Waals surface area contributed by atoms with E-state index in [1.54, 1.807) is 13.3 Å². The number of hydrogen-bond acceptors (Lipinski definition) is 3. The molecule has 1 unspecified atom stereocenters. The lowest BCUT2D eigenvalue weighted by Crippen LogP contribution is -2.07. The van der Waals surface area contributed by atoms with Gasteiger partial charge in [0.15, 0.2) is 0 Å². The summed E-state index contributed by atoms with van der Waals surface area (Å²) in [6, 6.07) is 16.0. The fraction of sp³-hybridized carbons (Fsp3) is 0.312. The van der Waals surface area contributed by atoms with Gasteiger partial charge in [0, 0.05) is 26.3 Å². The largest absolute Gasteiger partial charge is 0.377 e. The van der Waals surface area contributed by atoms with Gasteiger partial charge < -0.3 is 9.47 Å². The lowest BCUT2D eigenvalue weighted by Gasteiger charge is -2.14. The van der Waals surface area contributed by atoms with Gasteiger partial charge in [-0.15, -0.1) is 0 Å². The lowest BCUT2D eigenvalue weighted by molar-refractivity contribution is 0.0438. The molecule has 3 nitrogen and oxygen atoms in total. The minimum Gasteiger partial charge on any atom is -0.377 e. The summed E-state index contributed by atoms with van der Waals surface area (Å²) in [6.45, 7) is 1.30. The average Bonchev–Trinajstić information content (AvgIpc) is 2.49. The van der Waals surface area contributed by atoms with E-state index in [0.29, 0.717) is 13.2 Å². The number of aromatic nitrogens is 1. The van der Waals surface area contributed by atoms with Crippen molar-refractivity contribution in [3.63, 3.8) is 0 Å². The quantitative estimate of drug-likeness (QED) is 0.713. The number of rotatable bonds is 7. The van der Waals surface area contributed by atoms with Crippen LogP contribution < -0.4 is 0 Å². The van der Waals surface area contributed by atoms with Gasteiger partial charge in [-0.3, -0.25) is 4.98 Å². The molecule has 1 aromatic heterocycles. The van der Waals surface area contributed by atoms with Crippen LogP contribution in [0.2, 0.25) is 0 Å². The minimum atomic E-state index is -0.00280. The molecule has 0 aliphatic heterocycles. The second kappa shape index (κ2) is 7.67. The first kappa shape index (κ1) is 13.7. The first-order valence-electron chi connectivity index (χ1n) is 6.45. The molecule has 0 bridgehead atoms. The highest BCUT2D eigenvalue weighted by Gasteiger charge is 2.10. The minimum absolute atomic E-state index is 0.00280. The predicted molar refractivity (Wildman–Crippen MR) is 74.7 cm³/mol. The smallest absolute Gasteiger partial charge is 0.101 e. The van der Waals surface area contributed by atoms with E-state index in [1.807, 2.05) is 36.4 Å². The molecule has 19 heavy (non-hydrogen) atoms. The Labute approximate surface area is 114 Å². The Morgan fingerprint density at radius 1 is 1.05 bits per heavy atom. The van der Waals surface area contributed by atoms with E-state index in [0.717, 1.165) is 12.1 Å². The normalized spacial score (nSPS) is 12.3. The van der Waals surface area contributed by atoms with Gasteiger partial charge in [0.25, 0.3) is 0 Å². The Morgan fingerprint density at radius 3 is 2.53 bits per heavy atom. The summed E-state index contributed by atoms with van der Waals surface area (Å²) in [5.74, 6) is 0. The van der Waals surface area contributed by atoms with Crippen molar-refractivity contribution in [2.24, 2.45) is 0 Å². The van der Waals surface area contributed by atoms with Gasteiger partial charge in [0.2, 0.25) is 0 Å². The first-order chi connectivity index (χ1) is 9.40. The van der Waals surface area contributed by atoms with E-state index in [2.05, 4.69) is 17.1 Å². The molecule has 0 aliphatic carbocycles. The van der Waals surface area contributed by atoms with Crippen LogP contribution in [0.3, 0.4) is 0 Å². The molecule has 100 valence electrons. The van der Waals surface area contributed by atoms with Crippen molar-refractivity contribution in [1.82, 2.24) is 4.98 Å². The summed E-state index contributed by atoms with van der Waals surface area (Å²) in [5, 5.41) is 0. The van der Waals surface area contributed by atoms with E-state index >= 15 is 0 Å². The summed E-state index contributed by atoms with van der Waals surface area (Å²) in [4.78, 5) is 4.31. The zero-order chi connectivity index (χ0) is 13.3. The second-order valence-corrected chi connectivity index (χ2v) is 4.31. The highest BCUT2D eigenvalue weighted by atomic mass is 16.5. The molecule has 0 saturated heterocycles. The van der Waals surface area contributed by atoms with Crippen LogP contribution in [-0.4, -0.2) is 18.7 Å². The second-order valence-electron chi connectivity index (χ2n) is 4.31. The Bertz CT molecular complexity index is 459. The maximum atomic E-state index is 5.67. The van der Waals surface area contributed by atoms with Crippen LogP contribution in [0.25, 0.3) is 0 Å². The summed E-state index contributed by atoms with van der Waals surface area (Å²) in [5.41, 5.74) is 2.14. The molecule has 2 aromatic rings. The molecular formula is C16H19NO2. The highest BCUT2D eigenvalue weighted by molar-refractivity contribution is 5.13. The van der Waals surface area contributed by atoms with Gasteiger partial charge in [0.05, 0.1) is 12.3 Å². The van der Waals surface area contributed by atoms with E-state index in [1.165, 1.54) is 5.56 Å². The number of ether oxygens (including phenoxy) is 2. The third kappa shape index (κ3) is 4.47. The molecule has 0 spiro atoms. The molecule has 2 rings (SSSR count). The van der Waals surface area contributed by atoms with Crippen molar-refractivity contribution in [1.29, 1.82) is 0 Å². The first-order valence-corrected chi connectivity index (χ1v) is 6.45. The predicted octanol–water partition coefficient (Wildman–Crippen LogP) is 3.38. The maximum Gasteiger partial charge on any atom is 0.101 e. The molecular weight excluding hydrogens is 238 g/mol. The topological polar surface area (TPSA) is 31.4 Å². The van der Waals surface area contributed by atoms with Crippen molar-refractivity contribution in [2.45, 2.75) is 19.1 Å². The zero-order valence-electron chi connectivity index (χ0n) is 11.2. The van der Waals surface area contributed by atoms with Gasteiger partial charge in [-0.1, -0.05) is 36.4 Å². The van der Waals surface area contributed by atoms with Gasteiger partial charge in [0.1, 0.15) is 6.10 Å². The van der Waals surface area contributed by atoms with Gasteiger partial charge >= 0.3 is 0 Å². The molecule has 0 fully saturated rings. The van der Waals surface area contributed by atoms with Crippen molar-refractivity contribution in [2.75, 3.05) is 13.7 Å². The number of benzene rings is 1. The average molecular weight is 257 g/mol. The molecule has 0 aliphatic rings. The summed E-state index contributed by atoms with van der Waals surface area (Å²) < 4.78 is 11.1. The molecule has 0 radical (unpaired) electrons. The van der Waals surface area contributed by atoms with Crippen molar-refractivity contribution < 1.29 is 9.47 Å². The summed E-state index contributed by atoms with van der Waals surface area (Å²) >= 11 is 0. The number of nitrogens with zero attached hydrogens (tertiary/aromatic N) is 1. The number of pyridine rings is 1. The fourth-order valence-electron chi connectivity index (χ4n) is 1.91. The molecule has 1 aromatic carbocycles. The van der Waals surface area contributed by atoms with Crippen LogP contribution >= 0.6 is 0 Å². The van der Waals surface area contributed by atoms with Gasteiger partial charge in [-0.25, -0.2) is 0 Å². The molecule has 1 atom stereocenters. The third-order valence-electron chi connectivity index (χ3n) is 2.94. The molecule has 1 heterocycles. The van der Waals surface area contributed by atoms with Crippen molar-refractivity contribution >= 4 is 0 Å². The highest BCUT2D eigenvalue weighted by Crippen LogP contribution is 2.17. The van der Waals surface area contributed by atoms with Gasteiger partial charge in [-0.05, 0) is 17.7 Å². The number of hydrogen-bond donors (Lipinski definition) is 0. The molecule has 3 heteroatoms. The Hall–Kier alpha value is -1.71. The standard InChI is InChI=1S/C16H19NO2/c1-18-16(15-9-5-6-11-17-15)10-12-19-13-14-7-3-2-4-8-14/h2-9,11,16H,10,12-13H2,1H3. The van der Waals surface area contributed by atoms with E-state index in [9.17, 15) is 0 Å². The molecule has 0 N–H and O–H groups in total. The van der Waals surface area contributed by atoms with E-state index < -0.39 is 0 Å². The summed E-state index contributed by atoms with van der Waals surface area (Å²) in [7, 11) is 1.70. The Balaban J connectivity index is 1.75. The van der Waals surface area contributed by atoms with E-state index in [-0.39, 0.29) is 6.10 Å². The third-order valence-corrected chi connectivity index (χ3v) is 2.94. The van der Waals surface area contributed by atoms with Crippen LogP contribution in [0.1, 0.15) is 23.8 Å². The maximum absolute atomic E-state index is 5.67. The lowest BCUT2D eigenvalue weighted by atomic mass is 10.2. The Morgan fingerprint density at radius 2 is 1.84 bits per heavy atom. The molecule has 0 saturated carbocycles. The monoisotopic (exact) mass is 257 g/mol. The number of methoxy groups -OCH3 is 1. The van der Waals surface area contributed by atoms with Crippen molar-refractivity contribution in [3.05, 3.63) is 66.0 Å². The van der Waals surface area contributed by atoms with Crippen molar-refractivity contribution in [3.8, 4) is 0 Å². The van der Waals surface area contributed by atoms with Gasteiger partial charge in [-0.2, -0.15) is 0 Å². The zero-order valence-corrected chi connectivity index (χ0v) is 11.2. The Kier molecular flexibility index (Phi) is 5.53. The van der Waals surface area contributed by atoms with Crippen LogP contribution in [0.4, 0.5) is 0 Å². The SMILES string of the molecule is COC(CCOCc1ccccc1)c1ccccn1. The van der Waals surface area contributed by atoms with Crippen LogP contribution in [0.15, 0.2) is 54.7 Å². The fourth-order valence-corrected chi connectivity index (χ4v) is 1.91.